The Balaban J connectivity index is 1.95. The molecule has 14 heavy (non-hydrogen) atoms. The molecule has 1 atom stereocenters. The van der Waals surface area contributed by atoms with Gasteiger partial charge in [-0.1, -0.05) is 25.7 Å². The van der Waals surface area contributed by atoms with Crippen molar-refractivity contribution in [2.45, 2.75) is 45.1 Å². The summed E-state index contributed by atoms with van der Waals surface area (Å²) in [4.78, 5) is 4.38. The van der Waals surface area contributed by atoms with Gasteiger partial charge in [0.15, 0.2) is 5.82 Å². The van der Waals surface area contributed by atoms with Gasteiger partial charge in [0.1, 0.15) is 5.82 Å². The van der Waals surface area contributed by atoms with E-state index >= 15 is 0 Å². The van der Waals surface area contributed by atoms with Crippen molar-refractivity contribution >= 4 is 0 Å². The van der Waals surface area contributed by atoms with Crippen LogP contribution in [0.1, 0.15) is 50.3 Å². The number of aromatic nitrogens is 3. The van der Waals surface area contributed by atoms with Gasteiger partial charge in [0.25, 0.3) is 0 Å². The van der Waals surface area contributed by atoms with Crippen LogP contribution in [0.15, 0.2) is 0 Å². The number of H-pyrrole nitrogens is 1. The maximum atomic E-state index is 5.69. The zero-order valence-corrected chi connectivity index (χ0v) is 8.66. The van der Waals surface area contributed by atoms with Gasteiger partial charge in [-0.15, -0.1) is 0 Å². The van der Waals surface area contributed by atoms with Gasteiger partial charge in [0.05, 0.1) is 6.04 Å². The first-order chi connectivity index (χ1) is 6.75. The molecule has 1 unspecified atom stereocenters. The summed E-state index contributed by atoms with van der Waals surface area (Å²) < 4.78 is 0. The molecule has 0 saturated heterocycles. The first kappa shape index (κ1) is 9.65. The van der Waals surface area contributed by atoms with Crippen LogP contribution in [0.5, 0.6) is 0 Å². The van der Waals surface area contributed by atoms with Crippen molar-refractivity contribution in [3.05, 3.63) is 11.6 Å². The van der Waals surface area contributed by atoms with Crippen LogP contribution in [0.3, 0.4) is 0 Å². The van der Waals surface area contributed by atoms with E-state index in [1.54, 1.807) is 0 Å². The zero-order chi connectivity index (χ0) is 9.97. The van der Waals surface area contributed by atoms with Crippen LogP contribution in [0.2, 0.25) is 0 Å². The Labute approximate surface area is 84.3 Å². The number of nitrogens with zero attached hydrogens (tertiary/aromatic N) is 2. The minimum absolute atomic E-state index is 0.0661. The third-order valence-corrected chi connectivity index (χ3v) is 2.91. The smallest absolute Gasteiger partial charge is 0.167 e. The highest BCUT2D eigenvalue weighted by molar-refractivity contribution is 4.95. The highest BCUT2D eigenvalue weighted by Gasteiger charge is 2.17. The van der Waals surface area contributed by atoms with Crippen LogP contribution in [-0.4, -0.2) is 15.2 Å². The number of rotatable bonds is 3. The van der Waals surface area contributed by atoms with Crippen molar-refractivity contribution < 1.29 is 0 Å². The molecule has 0 bridgehead atoms. The number of hydrogen-bond acceptors (Lipinski definition) is 3. The maximum Gasteiger partial charge on any atom is 0.167 e. The average molecular weight is 194 g/mol. The summed E-state index contributed by atoms with van der Waals surface area (Å²) in [7, 11) is 0. The lowest BCUT2D eigenvalue weighted by Crippen LogP contribution is -2.07. The van der Waals surface area contributed by atoms with Crippen LogP contribution in [0.4, 0.5) is 0 Å². The molecule has 78 valence electrons. The molecule has 1 fully saturated rings. The molecule has 1 aliphatic carbocycles. The lowest BCUT2D eigenvalue weighted by atomic mass is 10.0. The van der Waals surface area contributed by atoms with E-state index in [1.165, 1.54) is 25.7 Å². The van der Waals surface area contributed by atoms with Crippen molar-refractivity contribution in [1.29, 1.82) is 0 Å². The first-order valence-corrected chi connectivity index (χ1v) is 5.42. The molecule has 1 heterocycles. The number of nitrogens with two attached hydrogens (primary N) is 1. The molecule has 4 heteroatoms. The zero-order valence-electron chi connectivity index (χ0n) is 8.66. The molecular weight excluding hydrogens is 176 g/mol. The molecule has 0 radical (unpaired) electrons. The lowest BCUT2D eigenvalue weighted by Gasteiger charge is -2.04. The van der Waals surface area contributed by atoms with Gasteiger partial charge < -0.3 is 5.73 Å². The Bertz CT molecular complexity index is 286. The van der Waals surface area contributed by atoms with Gasteiger partial charge in [-0.05, 0) is 12.8 Å². The summed E-state index contributed by atoms with van der Waals surface area (Å²) in [5, 5.41) is 7.07. The Hall–Kier alpha value is -0.900. The van der Waals surface area contributed by atoms with Crippen LogP contribution < -0.4 is 5.73 Å². The van der Waals surface area contributed by atoms with Gasteiger partial charge in [-0.25, -0.2) is 4.98 Å². The fourth-order valence-electron chi connectivity index (χ4n) is 2.09. The summed E-state index contributed by atoms with van der Waals surface area (Å²) in [6.07, 6.45) is 6.47. The quantitative estimate of drug-likeness (QED) is 0.767. The van der Waals surface area contributed by atoms with Crippen molar-refractivity contribution in [3.63, 3.8) is 0 Å². The molecule has 1 aromatic rings. The average Bonchev–Trinajstić information content (AvgIpc) is 2.75. The Kier molecular flexibility index (Phi) is 2.82. The van der Waals surface area contributed by atoms with E-state index in [0.717, 1.165) is 24.0 Å². The summed E-state index contributed by atoms with van der Waals surface area (Å²) in [6, 6.07) is -0.0661. The van der Waals surface area contributed by atoms with E-state index < -0.39 is 0 Å². The normalized spacial score (nSPS) is 20.1. The van der Waals surface area contributed by atoms with Gasteiger partial charge in [0.2, 0.25) is 0 Å². The number of hydrogen-bond donors (Lipinski definition) is 2. The number of aromatic amines is 1. The molecular formula is C10H18N4. The third kappa shape index (κ3) is 2.12. The second kappa shape index (κ2) is 4.09. The molecule has 0 spiro atoms. The van der Waals surface area contributed by atoms with Crippen molar-refractivity contribution in [2.24, 2.45) is 11.7 Å². The number of nitrogens with one attached hydrogen (secondary N) is 1. The highest BCUT2D eigenvalue weighted by atomic mass is 15.2. The summed E-state index contributed by atoms with van der Waals surface area (Å²) in [5.41, 5.74) is 5.69. The van der Waals surface area contributed by atoms with Crippen molar-refractivity contribution in [1.82, 2.24) is 15.2 Å². The second-order valence-corrected chi connectivity index (χ2v) is 4.28. The molecule has 1 aromatic heterocycles. The highest BCUT2D eigenvalue weighted by Crippen LogP contribution is 2.27. The standard InChI is InChI=1S/C10H18N4/c1-7(11)10-12-9(13-14-10)6-8-4-2-3-5-8/h7-8H,2-6,11H2,1H3,(H,12,13,14). The molecule has 1 aliphatic rings. The molecule has 0 aromatic carbocycles. The molecule has 2 rings (SSSR count). The predicted molar refractivity (Wildman–Crippen MR) is 54.6 cm³/mol. The van der Waals surface area contributed by atoms with E-state index in [0.29, 0.717) is 0 Å². The van der Waals surface area contributed by atoms with Crippen LogP contribution >= 0.6 is 0 Å². The Morgan fingerprint density at radius 2 is 2.21 bits per heavy atom. The van der Waals surface area contributed by atoms with Crippen LogP contribution in [0.25, 0.3) is 0 Å². The Morgan fingerprint density at radius 1 is 1.50 bits per heavy atom. The van der Waals surface area contributed by atoms with Crippen LogP contribution in [0, 0.1) is 5.92 Å². The largest absolute Gasteiger partial charge is 0.321 e. The lowest BCUT2D eigenvalue weighted by molar-refractivity contribution is 0.531. The fourth-order valence-corrected chi connectivity index (χ4v) is 2.09. The Morgan fingerprint density at radius 3 is 2.79 bits per heavy atom. The van der Waals surface area contributed by atoms with E-state index in [9.17, 15) is 0 Å². The predicted octanol–water partition coefficient (Wildman–Crippen LogP) is 1.56. The maximum absolute atomic E-state index is 5.69. The van der Waals surface area contributed by atoms with Gasteiger partial charge in [-0.2, -0.15) is 5.10 Å². The molecule has 0 aliphatic heterocycles. The van der Waals surface area contributed by atoms with E-state index in [4.69, 9.17) is 5.73 Å². The van der Waals surface area contributed by atoms with E-state index in [-0.39, 0.29) is 6.04 Å². The van der Waals surface area contributed by atoms with E-state index in [2.05, 4.69) is 15.2 Å². The van der Waals surface area contributed by atoms with Crippen molar-refractivity contribution in [2.75, 3.05) is 0 Å². The second-order valence-electron chi connectivity index (χ2n) is 4.28. The fraction of sp³-hybridized carbons (Fsp3) is 0.800. The first-order valence-electron chi connectivity index (χ1n) is 5.42. The van der Waals surface area contributed by atoms with Crippen LogP contribution in [-0.2, 0) is 6.42 Å². The molecule has 3 N–H and O–H groups in total. The third-order valence-electron chi connectivity index (χ3n) is 2.91. The minimum Gasteiger partial charge on any atom is -0.321 e. The minimum atomic E-state index is -0.0661. The summed E-state index contributed by atoms with van der Waals surface area (Å²) >= 11 is 0. The van der Waals surface area contributed by atoms with Gasteiger partial charge >= 0.3 is 0 Å². The topological polar surface area (TPSA) is 67.6 Å². The van der Waals surface area contributed by atoms with E-state index in [1.807, 2.05) is 6.92 Å². The van der Waals surface area contributed by atoms with Gasteiger partial charge in [-0.3, -0.25) is 5.10 Å². The van der Waals surface area contributed by atoms with Crippen molar-refractivity contribution in [3.8, 4) is 0 Å². The molecule has 4 nitrogen and oxygen atoms in total. The summed E-state index contributed by atoms with van der Waals surface area (Å²) in [5.74, 6) is 2.55. The SMILES string of the molecule is CC(N)c1n[nH]c(CC2CCCC2)n1. The molecule has 0 amide bonds. The molecule has 1 saturated carbocycles. The van der Waals surface area contributed by atoms with Gasteiger partial charge in [0, 0.05) is 6.42 Å². The monoisotopic (exact) mass is 194 g/mol. The summed E-state index contributed by atoms with van der Waals surface area (Å²) in [6.45, 7) is 1.91.